The summed E-state index contributed by atoms with van der Waals surface area (Å²) in [6.07, 6.45) is 0.747. The molecule has 0 saturated heterocycles. The smallest absolute Gasteiger partial charge is 0.337 e. The molecule has 0 atom stereocenters. The highest BCUT2D eigenvalue weighted by Gasteiger charge is 2.10. The van der Waals surface area contributed by atoms with Gasteiger partial charge >= 0.3 is 5.97 Å². The van der Waals surface area contributed by atoms with Crippen molar-refractivity contribution in [3.8, 4) is 5.75 Å². The number of hydrogen-bond donors (Lipinski definition) is 2. The lowest BCUT2D eigenvalue weighted by Gasteiger charge is -2.11. The minimum absolute atomic E-state index is 0.244. The van der Waals surface area contributed by atoms with Gasteiger partial charge in [0.05, 0.1) is 12.2 Å². The molecular weight excluding hydrogens is 382 g/mol. The molecule has 0 bridgehead atoms. The largest absolute Gasteiger partial charge is 0.494 e. The third-order valence-corrected chi connectivity index (χ3v) is 4.16. The highest BCUT2D eigenvalue weighted by molar-refractivity contribution is 9.10. The quantitative estimate of drug-likeness (QED) is 0.645. The van der Waals surface area contributed by atoms with E-state index in [9.17, 15) is 9.90 Å². The van der Waals surface area contributed by atoms with E-state index in [0.29, 0.717) is 18.8 Å². The van der Waals surface area contributed by atoms with Gasteiger partial charge in [0.15, 0.2) is 0 Å². The SMILES string of the molecule is Cc1cc(OCCCNc2ccc(Br)cc2C(=O)O)ccc1Cl. The zero-order chi connectivity index (χ0) is 16.8. The fourth-order valence-electron chi connectivity index (χ4n) is 2.04. The maximum atomic E-state index is 11.2. The van der Waals surface area contributed by atoms with Crippen LogP contribution in [0.4, 0.5) is 5.69 Å². The highest BCUT2D eigenvalue weighted by Crippen LogP contribution is 2.22. The molecule has 0 aliphatic heterocycles. The van der Waals surface area contributed by atoms with Crippen LogP contribution in [0.5, 0.6) is 5.75 Å². The Hall–Kier alpha value is -1.72. The van der Waals surface area contributed by atoms with Crippen LogP contribution >= 0.6 is 27.5 Å². The van der Waals surface area contributed by atoms with E-state index < -0.39 is 5.97 Å². The van der Waals surface area contributed by atoms with Gasteiger partial charge in [0.1, 0.15) is 5.75 Å². The summed E-state index contributed by atoms with van der Waals surface area (Å²) in [6, 6.07) is 10.7. The summed E-state index contributed by atoms with van der Waals surface area (Å²) in [5.41, 5.74) is 1.82. The van der Waals surface area contributed by atoms with Gasteiger partial charge in [0, 0.05) is 21.7 Å². The molecule has 0 heterocycles. The molecule has 2 N–H and O–H groups in total. The standard InChI is InChI=1S/C17H17BrClNO3/c1-11-9-13(4-5-15(11)19)23-8-2-7-20-16-6-3-12(18)10-14(16)17(21)22/h3-6,9-10,20H,2,7-8H2,1H3,(H,21,22). The normalized spacial score (nSPS) is 10.4. The Bertz CT molecular complexity index is 706. The molecule has 4 nitrogen and oxygen atoms in total. The second-order valence-electron chi connectivity index (χ2n) is 5.03. The van der Waals surface area contributed by atoms with Crippen molar-refractivity contribution in [2.45, 2.75) is 13.3 Å². The summed E-state index contributed by atoms with van der Waals surface area (Å²) in [6.45, 7) is 3.08. The Kier molecular flexibility index (Phi) is 6.30. The van der Waals surface area contributed by atoms with Crippen LogP contribution in [0.3, 0.4) is 0 Å². The fourth-order valence-corrected chi connectivity index (χ4v) is 2.52. The maximum Gasteiger partial charge on any atom is 0.337 e. The first-order valence-corrected chi connectivity index (χ1v) is 8.30. The summed E-state index contributed by atoms with van der Waals surface area (Å²) in [4.78, 5) is 11.2. The molecule has 0 amide bonds. The van der Waals surface area contributed by atoms with Gasteiger partial charge in [-0.1, -0.05) is 27.5 Å². The van der Waals surface area contributed by atoms with Crippen molar-refractivity contribution in [3.63, 3.8) is 0 Å². The number of hydrogen-bond acceptors (Lipinski definition) is 3. The molecule has 122 valence electrons. The molecule has 0 radical (unpaired) electrons. The summed E-state index contributed by atoms with van der Waals surface area (Å²) in [7, 11) is 0. The first-order valence-electron chi connectivity index (χ1n) is 7.13. The number of aryl methyl sites for hydroxylation is 1. The van der Waals surface area contributed by atoms with Gasteiger partial charge in [-0.15, -0.1) is 0 Å². The van der Waals surface area contributed by atoms with Crippen LogP contribution in [-0.4, -0.2) is 24.2 Å². The highest BCUT2D eigenvalue weighted by atomic mass is 79.9. The van der Waals surface area contributed by atoms with Crippen molar-refractivity contribution < 1.29 is 14.6 Å². The number of carboxylic acid groups (broad SMARTS) is 1. The number of benzene rings is 2. The zero-order valence-corrected chi connectivity index (χ0v) is 14.9. The predicted molar refractivity (Wildman–Crippen MR) is 95.9 cm³/mol. The zero-order valence-electron chi connectivity index (χ0n) is 12.6. The lowest BCUT2D eigenvalue weighted by Crippen LogP contribution is -2.10. The van der Waals surface area contributed by atoms with E-state index in [1.165, 1.54) is 0 Å². The molecule has 0 saturated carbocycles. The molecule has 0 aliphatic rings. The van der Waals surface area contributed by atoms with E-state index in [2.05, 4.69) is 21.2 Å². The number of rotatable bonds is 7. The first-order chi connectivity index (χ1) is 11.0. The van der Waals surface area contributed by atoms with Crippen molar-refractivity contribution >= 4 is 39.2 Å². The topological polar surface area (TPSA) is 58.6 Å². The maximum absolute atomic E-state index is 11.2. The van der Waals surface area contributed by atoms with Crippen molar-refractivity contribution in [1.29, 1.82) is 0 Å². The monoisotopic (exact) mass is 397 g/mol. The summed E-state index contributed by atoms with van der Waals surface area (Å²) in [5.74, 6) is -0.177. The predicted octanol–water partition coefficient (Wildman–Crippen LogP) is 4.99. The second-order valence-corrected chi connectivity index (χ2v) is 6.36. The van der Waals surface area contributed by atoms with E-state index in [4.69, 9.17) is 16.3 Å². The molecule has 2 aromatic carbocycles. The van der Waals surface area contributed by atoms with E-state index in [1.807, 2.05) is 31.2 Å². The Morgan fingerprint density at radius 2 is 2.09 bits per heavy atom. The van der Waals surface area contributed by atoms with Crippen molar-refractivity contribution in [3.05, 3.63) is 57.0 Å². The molecular formula is C17H17BrClNO3. The van der Waals surface area contributed by atoms with Crippen molar-refractivity contribution in [1.82, 2.24) is 0 Å². The van der Waals surface area contributed by atoms with E-state index in [0.717, 1.165) is 27.2 Å². The van der Waals surface area contributed by atoms with Crippen molar-refractivity contribution in [2.24, 2.45) is 0 Å². The van der Waals surface area contributed by atoms with Gasteiger partial charge in [-0.05, 0) is 55.3 Å². The molecule has 0 spiro atoms. The Balaban J connectivity index is 1.81. The molecule has 6 heteroatoms. The number of nitrogens with one attached hydrogen (secondary N) is 1. The van der Waals surface area contributed by atoms with Gasteiger partial charge < -0.3 is 15.2 Å². The molecule has 0 aromatic heterocycles. The molecule has 2 aromatic rings. The average molecular weight is 399 g/mol. The van der Waals surface area contributed by atoms with Gasteiger partial charge in [0.25, 0.3) is 0 Å². The summed E-state index contributed by atoms with van der Waals surface area (Å²) >= 11 is 9.24. The van der Waals surface area contributed by atoms with Gasteiger partial charge in [-0.3, -0.25) is 0 Å². The lowest BCUT2D eigenvalue weighted by molar-refractivity contribution is 0.0698. The number of anilines is 1. The Morgan fingerprint density at radius 1 is 1.30 bits per heavy atom. The third kappa shape index (κ3) is 5.15. The van der Waals surface area contributed by atoms with Crippen LogP contribution in [0.25, 0.3) is 0 Å². The lowest BCUT2D eigenvalue weighted by atomic mass is 10.2. The molecule has 23 heavy (non-hydrogen) atoms. The summed E-state index contributed by atoms with van der Waals surface area (Å²) < 4.78 is 6.39. The third-order valence-electron chi connectivity index (χ3n) is 3.25. The van der Waals surface area contributed by atoms with Gasteiger partial charge in [-0.2, -0.15) is 0 Å². The molecule has 0 fully saturated rings. The van der Waals surface area contributed by atoms with Crippen LogP contribution in [0, 0.1) is 6.92 Å². The molecule has 0 unspecified atom stereocenters. The summed E-state index contributed by atoms with van der Waals surface area (Å²) in [5, 5.41) is 13.0. The number of carboxylic acids is 1. The number of halogens is 2. The molecule has 2 rings (SSSR count). The van der Waals surface area contributed by atoms with Crippen LogP contribution in [0.2, 0.25) is 5.02 Å². The number of ether oxygens (including phenoxy) is 1. The minimum Gasteiger partial charge on any atom is -0.494 e. The van der Waals surface area contributed by atoms with E-state index >= 15 is 0 Å². The van der Waals surface area contributed by atoms with Crippen LogP contribution in [0.1, 0.15) is 22.3 Å². The van der Waals surface area contributed by atoms with Crippen LogP contribution < -0.4 is 10.1 Å². The van der Waals surface area contributed by atoms with E-state index in [1.54, 1.807) is 12.1 Å². The molecule has 0 aliphatic carbocycles. The van der Waals surface area contributed by atoms with E-state index in [-0.39, 0.29) is 5.56 Å². The second kappa shape index (κ2) is 8.22. The number of carbonyl (C=O) groups is 1. The minimum atomic E-state index is -0.957. The Labute approximate surface area is 148 Å². The van der Waals surface area contributed by atoms with Crippen LogP contribution in [0.15, 0.2) is 40.9 Å². The Morgan fingerprint density at radius 3 is 2.78 bits per heavy atom. The van der Waals surface area contributed by atoms with Gasteiger partial charge in [0.2, 0.25) is 0 Å². The number of aromatic carboxylic acids is 1. The first kappa shape index (κ1) is 17.6. The van der Waals surface area contributed by atoms with Gasteiger partial charge in [-0.25, -0.2) is 4.79 Å². The fraction of sp³-hybridized carbons (Fsp3) is 0.235. The average Bonchev–Trinajstić information content (AvgIpc) is 2.51. The van der Waals surface area contributed by atoms with Crippen LogP contribution in [-0.2, 0) is 0 Å². The van der Waals surface area contributed by atoms with Crippen molar-refractivity contribution in [2.75, 3.05) is 18.5 Å².